The maximum atomic E-state index is 12.7. The van der Waals surface area contributed by atoms with Crippen molar-refractivity contribution >= 4 is 22.7 Å². The van der Waals surface area contributed by atoms with E-state index in [-0.39, 0.29) is 5.91 Å². The van der Waals surface area contributed by atoms with Crippen LogP contribution in [0.4, 0.5) is 5.69 Å². The van der Waals surface area contributed by atoms with E-state index in [1.54, 1.807) is 32.4 Å². The lowest BCUT2D eigenvalue weighted by atomic mass is 10.1. The van der Waals surface area contributed by atoms with E-state index in [9.17, 15) is 4.79 Å². The second kappa shape index (κ2) is 7.67. The van der Waals surface area contributed by atoms with Crippen molar-refractivity contribution in [1.82, 2.24) is 4.98 Å². The van der Waals surface area contributed by atoms with Crippen LogP contribution in [0.5, 0.6) is 11.5 Å². The fourth-order valence-electron chi connectivity index (χ4n) is 3.03. The Bertz CT molecular complexity index is 1170. The molecule has 0 bridgehead atoms. The molecule has 1 amide bonds. The fraction of sp³-hybridized carbons (Fsp3) is 0.130. The highest BCUT2D eigenvalue weighted by Gasteiger charge is 2.13. The fourth-order valence-corrected chi connectivity index (χ4v) is 3.03. The van der Waals surface area contributed by atoms with Gasteiger partial charge in [0.2, 0.25) is 5.89 Å². The number of anilines is 1. The zero-order valence-electron chi connectivity index (χ0n) is 16.4. The molecule has 0 spiro atoms. The summed E-state index contributed by atoms with van der Waals surface area (Å²) in [6.45, 7) is 2.01. The van der Waals surface area contributed by atoms with E-state index in [0.717, 1.165) is 22.2 Å². The Kier molecular flexibility index (Phi) is 4.91. The summed E-state index contributed by atoms with van der Waals surface area (Å²) < 4.78 is 16.3. The Hall–Kier alpha value is -3.80. The summed E-state index contributed by atoms with van der Waals surface area (Å²) in [4.78, 5) is 17.3. The van der Waals surface area contributed by atoms with Crippen LogP contribution in [-0.2, 0) is 0 Å². The summed E-state index contributed by atoms with van der Waals surface area (Å²) >= 11 is 0. The number of aromatic nitrogens is 1. The van der Waals surface area contributed by atoms with Gasteiger partial charge < -0.3 is 19.2 Å². The van der Waals surface area contributed by atoms with Crippen molar-refractivity contribution in [3.8, 4) is 23.0 Å². The molecule has 6 heteroatoms. The summed E-state index contributed by atoms with van der Waals surface area (Å²) in [7, 11) is 3.09. The maximum Gasteiger partial charge on any atom is 0.255 e. The van der Waals surface area contributed by atoms with E-state index >= 15 is 0 Å². The second-order valence-electron chi connectivity index (χ2n) is 6.63. The minimum absolute atomic E-state index is 0.271. The molecule has 0 atom stereocenters. The first-order chi connectivity index (χ1) is 14.1. The van der Waals surface area contributed by atoms with Crippen LogP contribution in [0, 0.1) is 6.92 Å². The van der Waals surface area contributed by atoms with E-state index < -0.39 is 0 Å². The first kappa shape index (κ1) is 18.6. The number of nitrogens with one attached hydrogen (secondary N) is 1. The minimum atomic E-state index is -0.271. The van der Waals surface area contributed by atoms with Crippen LogP contribution in [0.25, 0.3) is 22.6 Å². The number of ether oxygens (including phenoxy) is 2. The monoisotopic (exact) mass is 388 g/mol. The summed E-state index contributed by atoms with van der Waals surface area (Å²) in [6, 6.07) is 18.3. The van der Waals surface area contributed by atoms with E-state index in [4.69, 9.17) is 13.9 Å². The van der Waals surface area contributed by atoms with Crippen LogP contribution < -0.4 is 14.8 Å². The molecule has 4 rings (SSSR count). The number of hydrogen-bond donors (Lipinski definition) is 1. The van der Waals surface area contributed by atoms with Gasteiger partial charge in [-0.05, 0) is 55.0 Å². The molecular formula is C23H20N2O4. The van der Waals surface area contributed by atoms with Gasteiger partial charge in [0, 0.05) is 22.9 Å². The molecule has 6 nitrogen and oxygen atoms in total. The Balaban J connectivity index is 1.61. The predicted molar refractivity (Wildman–Crippen MR) is 112 cm³/mol. The van der Waals surface area contributed by atoms with Crippen molar-refractivity contribution in [3.63, 3.8) is 0 Å². The molecule has 1 N–H and O–H groups in total. The van der Waals surface area contributed by atoms with Crippen LogP contribution in [0.3, 0.4) is 0 Å². The number of oxazole rings is 1. The number of rotatable bonds is 5. The van der Waals surface area contributed by atoms with Gasteiger partial charge in [0.25, 0.3) is 5.91 Å². The number of carbonyl (C=O) groups is 1. The molecule has 29 heavy (non-hydrogen) atoms. The number of aryl methyl sites for hydroxylation is 1. The topological polar surface area (TPSA) is 73.6 Å². The van der Waals surface area contributed by atoms with Crippen LogP contribution in [0.1, 0.15) is 15.9 Å². The van der Waals surface area contributed by atoms with Crippen LogP contribution in [-0.4, -0.2) is 25.1 Å². The quantitative estimate of drug-likeness (QED) is 0.516. The van der Waals surface area contributed by atoms with E-state index in [1.807, 2.05) is 49.4 Å². The number of benzene rings is 3. The third-order valence-electron chi connectivity index (χ3n) is 4.52. The standard InChI is InChI=1S/C23H20N2O4/c1-14-7-8-20-21(9-14)29-23(25-20)15-5-4-6-17(10-15)24-22(26)16-11-18(27-2)13-19(12-16)28-3/h4-13H,1-3H3,(H,24,26). The highest BCUT2D eigenvalue weighted by atomic mass is 16.5. The predicted octanol–water partition coefficient (Wildman–Crippen LogP) is 5.07. The Morgan fingerprint density at radius 2 is 1.72 bits per heavy atom. The largest absolute Gasteiger partial charge is 0.497 e. The van der Waals surface area contributed by atoms with Crippen molar-refractivity contribution in [2.45, 2.75) is 6.92 Å². The van der Waals surface area contributed by atoms with Gasteiger partial charge in [0.15, 0.2) is 5.58 Å². The number of fused-ring (bicyclic) bond motifs is 1. The molecule has 0 aliphatic rings. The molecule has 0 aliphatic heterocycles. The minimum Gasteiger partial charge on any atom is -0.497 e. The third-order valence-corrected chi connectivity index (χ3v) is 4.52. The van der Waals surface area contributed by atoms with Crippen LogP contribution >= 0.6 is 0 Å². The normalized spacial score (nSPS) is 10.7. The van der Waals surface area contributed by atoms with E-state index in [2.05, 4.69) is 10.3 Å². The zero-order valence-corrected chi connectivity index (χ0v) is 16.4. The number of nitrogens with zero attached hydrogens (tertiary/aromatic N) is 1. The lowest BCUT2D eigenvalue weighted by Crippen LogP contribution is -2.12. The lowest BCUT2D eigenvalue weighted by Gasteiger charge is -2.10. The van der Waals surface area contributed by atoms with Gasteiger partial charge in [0.1, 0.15) is 17.0 Å². The van der Waals surface area contributed by atoms with Gasteiger partial charge in [-0.1, -0.05) is 12.1 Å². The number of hydrogen-bond acceptors (Lipinski definition) is 5. The van der Waals surface area contributed by atoms with Crippen LogP contribution in [0.15, 0.2) is 65.1 Å². The van der Waals surface area contributed by atoms with Gasteiger partial charge in [-0.15, -0.1) is 0 Å². The first-order valence-electron chi connectivity index (χ1n) is 9.08. The van der Waals surface area contributed by atoms with Gasteiger partial charge >= 0.3 is 0 Å². The third kappa shape index (κ3) is 3.91. The molecule has 0 saturated carbocycles. The van der Waals surface area contributed by atoms with E-state index in [1.165, 1.54) is 0 Å². The number of methoxy groups -OCH3 is 2. The highest BCUT2D eigenvalue weighted by Crippen LogP contribution is 2.27. The van der Waals surface area contributed by atoms with Crippen molar-refractivity contribution < 1.29 is 18.7 Å². The molecule has 0 fully saturated rings. The molecule has 0 saturated heterocycles. The number of amides is 1. The molecule has 146 valence electrons. The summed E-state index contributed by atoms with van der Waals surface area (Å²) in [5.41, 5.74) is 4.48. The van der Waals surface area contributed by atoms with E-state index in [0.29, 0.717) is 28.6 Å². The average Bonchev–Trinajstić information content (AvgIpc) is 3.16. The molecule has 3 aromatic carbocycles. The number of carbonyl (C=O) groups excluding carboxylic acids is 1. The average molecular weight is 388 g/mol. The van der Waals surface area contributed by atoms with Gasteiger partial charge in [0.05, 0.1) is 14.2 Å². The van der Waals surface area contributed by atoms with Crippen LogP contribution in [0.2, 0.25) is 0 Å². The van der Waals surface area contributed by atoms with Crippen molar-refractivity contribution in [3.05, 3.63) is 71.8 Å². The highest BCUT2D eigenvalue weighted by molar-refractivity contribution is 6.05. The van der Waals surface area contributed by atoms with Crippen molar-refractivity contribution in [2.75, 3.05) is 19.5 Å². The molecule has 1 aromatic heterocycles. The smallest absolute Gasteiger partial charge is 0.255 e. The Morgan fingerprint density at radius 1 is 0.966 bits per heavy atom. The molecule has 4 aromatic rings. The lowest BCUT2D eigenvalue weighted by molar-refractivity contribution is 0.102. The second-order valence-corrected chi connectivity index (χ2v) is 6.63. The van der Waals surface area contributed by atoms with Crippen molar-refractivity contribution in [1.29, 1.82) is 0 Å². The Morgan fingerprint density at radius 3 is 2.45 bits per heavy atom. The molecular weight excluding hydrogens is 368 g/mol. The maximum absolute atomic E-state index is 12.7. The van der Waals surface area contributed by atoms with Gasteiger partial charge in [-0.2, -0.15) is 0 Å². The van der Waals surface area contributed by atoms with Gasteiger partial charge in [-0.25, -0.2) is 4.98 Å². The summed E-state index contributed by atoms with van der Waals surface area (Å²) in [6.07, 6.45) is 0. The van der Waals surface area contributed by atoms with Crippen molar-refractivity contribution in [2.24, 2.45) is 0 Å². The molecule has 0 aliphatic carbocycles. The summed E-state index contributed by atoms with van der Waals surface area (Å²) in [5, 5.41) is 2.89. The molecule has 0 unspecified atom stereocenters. The van der Waals surface area contributed by atoms with Gasteiger partial charge in [-0.3, -0.25) is 4.79 Å². The molecule has 1 heterocycles. The Labute approximate surface area is 168 Å². The first-order valence-corrected chi connectivity index (χ1v) is 9.08. The zero-order chi connectivity index (χ0) is 20.4. The molecule has 0 radical (unpaired) electrons. The summed E-state index contributed by atoms with van der Waals surface area (Å²) in [5.74, 6) is 1.33. The SMILES string of the molecule is COc1cc(OC)cc(C(=O)Nc2cccc(-c3nc4ccc(C)cc4o3)c2)c1.